The number of benzene rings is 2. The summed E-state index contributed by atoms with van der Waals surface area (Å²) in [6, 6.07) is 13.0. The monoisotopic (exact) mass is 657 g/mol. The number of hydrogen-bond acceptors (Lipinski definition) is 6. The van der Waals surface area contributed by atoms with Crippen molar-refractivity contribution in [1.82, 2.24) is 30.0 Å². The fourth-order valence-electron chi connectivity index (χ4n) is 8.79. The first-order valence-corrected chi connectivity index (χ1v) is 18.1. The standard InChI is InChI=1S/C38H52FN7O2/c1-24-22-45(18-14-40-24)37(43-33-20-27-19-32(25(33)2)38(27,3)4)41-29-9-10-31-34(21-29)42-35(23-44-15-12-30(47)13-16-44)46(36(31)48)17-11-26-5-7-28(39)8-6-26/h5-10,21,24-25,27,30,32-33,40,47H,11-20,22-23H2,1-4H3,(H,41,43)/t24-,25+,27-,32-,33-/m0/s1. The molecule has 5 aliphatic rings. The summed E-state index contributed by atoms with van der Waals surface area (Å²) in [5, 5.41) is 18.1. The van der Waals surface area contributed by atoms with Gasteiger partial charge in [0.25, 0.3) is 5.56 Å². The van der Waals surface area contributed by atoms with Crippen LogP contribution in [0.15, 0.2) is 52.3 Å². The lowest BCUT2D eigenvalue weighted by atomic mass is 9.45. The maximum absolute atomic E-state index is 14.1. The molecule has 0 amide bonds. The van der Waals surface area contributed by atoms with E-state index in [0.717, 1.165) is 61.8 Å². The number of aliphatic hydroxyl groups excluding tert-OH is 1. The molecule has 2 bridgehead atoms. The van der Waals surface area contributed by atoms with E-state index in [4.69, 9.17) is 9.98 Å². The predicted molar refractivity (Wildman–Crippen MR) is 189 cm³/mol. The Morgan fingerprint density at radius 1 is 1.10 bits per heavy atom. The molecule has 1 aromatic heterocycles. The van der Waals surface area contributed by atoms with Crippen molar-refractivity contribution in [3.05, 3.63) is 70.0 Å². The van der Waals surface area contributed by atoms with Gasteiger partial charge >= 0.3 is 0 Å². The van der Waals surface area contributed by atoms with Crippen LogP contribution in [0.2, 0.25) is 0 Å². The lowest BCUT2D eigenvalue weighted by Crippen LogP contribution is -2.63. The van der Waals surface area contributed by atoms with E-state index in [2.05, 4.69) is 48.1 Å². The van der Waals surface area contributed by atoms with Crippen LogP contribution in [-0.4, -0.2) is 81.3 Å². The molecule has 9 nitrogen and oxygen atoms in total. The Balaban J connectivity index is 1.21. The normalized spacial score (nSPS) is 28.0. The first-order valence-electron chi connectivity index (χ1n) is 18.1. The molecule has 8 rings (SSSR count). The van der Waals surface area contributed by atoms with Crippen molar-refractivity contribution in [3.63, 3.8) is 0 Å². The average molecular weight is 658 g/mol. The molecule has 3 aliphatic carbocycles. The smallest absolute Gasteiger partial charge is 0.261 e. The van der Waals surface area contributed by atoms with Crippen LogP contribution in [0.4, 0.5) is 10.1 Å². The molecule has 258 valence electrons. The van der Waals surface area contributed by atoms with Gasteiger partial charge in [-0.3, -0.25) is 14.3 Å². The van der Waals surface area contributed by atoms with Gasteiger partial charge in [0, 0.05) is 51.4 Å². The van der Waals surface area contributed by atoms with Crippen LogP contribution in [0.3, 0.4) is 0 Å². The van der Waals surface area contributed by atoms with Crippen molar-refractivity contribution < 1.29 is 9.50 Å². The molecule has 3 heterocycles. The quantitative estimate of drug-likeness (QED) is 0.251. The van der Waals surface area contributed by atoms with Gasteiger partial charge in [0.1, 0.15) is 11.6 Å². The summed E-state index contributed by atoms with van der Waals surface area (Å²) in [7, 11) is 0. The summed E-state index contributed by atoms with van der Waals surface area (Å²) in [5.74, 6) is 3.40. The second kappa shape index (κ2) is 13.5. The largest absolute Gasteiger partial charge is 0.393 e. The van der Waals surface area contributed by atoms with E-state index >= 15 is 0 Å². The number of hydrogen-bond donors (Lipinski definition) is 3. The molecule has 0 unspecified atom stereocenters. The number of nitrogens with zero attached hydrogens (tertiary/aromatic N) is 5. The molecular formula is C38H52FN7O2. The van der Waals surface area contributed by atoms with E-state index in [0.29, 0.717) is 72.5 Å². The molecule has 10 heteroatoms. The van der Waals surface area contributed by atoms with Gasteiger partial charge in [-0.15, -0.1) is 0 Å². The van der Waals surface area contributed by atoms with Crippen molar-refractivity contribution in [2.24, 2.45) is 28.2 Å². The van der Waals surface area contributed by atoms with Gasteiger partial charge in [-0.05, 0) is 98.1 Å². The van der Waals surface area contributed by atoms with Crippen LogP contribution in [0.25, 0.3) is 10.9 Å². The fraction of sp³-hybridized carbons (Fsp3) is 0.605. The Labute approximate surface area is 283 Å². The number of aliphatic hydroxyl groups is 1. The van der Waals surface area contributed by atoms with Gasteiger partial charge in [0.2, 0.25) is 0 Å². The maximum atomic E-state index is 14.1. The van der Waals surface area contributed by atoms with E-state index in [1.165, 1.54) is 25.0 Å². The van der Waals surface area contributed by atoms with Gasteiger partial charge in [0.15, 0.2) is 5.96 Å². The van der Waals surface area contributed by atoms with Crippen LogP contribution < -0.4 is 16.2 Å². The van der Waals surface area contributed by atoms with Crippen molar-refractivity contribution in [3.8, 4) is 0 Å². The summed E-state index contributed by atoms with van der Waals surface area (Å²) in [6.45, 7) is 14.7. The van der Waals surface area contributed by atoms with Crippen molar-refractivity contribution in [1.29, 1.82) is 0 Å². The number of likely N-dealkylation sites (tertiary alicyclic amines) is 1. The number of aromatic nitrogens is 2. The molecule has 2 aliphatic heterocycles. The summed E-state index contributed by atoms with van der Waals surface area (Å²) < 4.78 is 15.3. The Kier molecular flexibility index (Phi) is 9.34. The molecule has 2 aromatic carbocycles. The zero-order valence-corrected chi connectivity index (χ0v) is 29.0. The van der Waals surface area contributed by atoms with Crippen LogP contribution in [0.5, 0.6) is 0 Å². The van der Waals surface area contributed by atoms with Gasteiger partial charge in [-0.2, -0.15) is 0 Å². The third kappa shape index (κ3) is 6.76. The molecule has 2 saturated heterocycles. The van der Waals surface area contributed by atoms with E-state index in [1.807, 2.05) is 18.2 Å². The predicted octanol–water partition coefficient (Wildman–Crippen LogP) is 4.68. The fourth-order valence-corrected chi connectivity index (χ4v) is 8.79. The molecule has 3 saturated carbocycles. The summed E-state index contributed by atoms with van der Waals surface area (Å²) in [6.07, 6.45) is 4.25. The Hall–Kier alpha value is -3.34. The molecule has 0 radical (unpaired) electrons. The highest BCUT2D eigenvalue weighted by Crippen LogP contribution is 2.61. The number of guanidine groups is 1. The number of halogens is 1. The lowest BCUT2D eigenvalue weighted by Gasteiger charge is -2.62. The summed E-state index contributed by atoms with van der Waals surface area (Å²) in [4.78, 5) is 29.1. The second-order valence-electron chi connectivity index (χ2n) is 15.5. The number of aliphatic imine (C=N–C) groups is 1. The molecule has 48 heavy (non-hydrogen) atoms. The molecule has 3 N–H and O–H groups in total. The molecule has 0 spiro atoms. The average Bonchev–Trinajstić information content (AvgIpc) is 3.06. The van der Waals surface area contributed by atoms with E-state index < -0.39 is 0 Å². The number of fused-ring (bicyclic) bond motifs is 3. The van der Waals surface area contributed by atoms with E-state index in [9.17, 15) is 14.3 Å². The van der Waals surface area contributed by atoms with E-state index in [-0.39, 0.29) is 17.5 Å². The number of rotatable bonds is 7. The highest BCUT2D eigenvalue weighted by Gasteiger charge is 2.56. The zero-order chi connectivity index (χ0) is 33.6. The minimum absolute atomic E-state index is 0.0724. The van der Waals surface area contributed by atoms with Crippen molar-refractivity contribution in [2.45, 2.75) is 91.1 Å². The number of nitrogens with one attached hydrogen (secondary N) is 2. The number of aryl methyl sites for hydroxylation is 1. The van der Waals surface area contributed by atoms with Crippen molar-refractivity contribution in [2.75, 3.05) is 32.7 Å². The highest BCUT2D eigenvalue weighted by atomic mass is 19.1. The summed E-state index contributed by atoms with van der Waals surface area (Å²) >= 11 is 0. The number of piperidine rings is 1. The Morgan fingerprint density at radius 2 is 1.88 bits per heavy atom. The van der Waals surface area contributed by atoms with Crippen LogP contribution >= 0.6 is 0 Å². The first kappa shape index (κ1) is 33.2. The Bertz CT molecular complexity index is 1700. The number of piperazine rings is 1. The highest BCUT2D eigenvalue weighted by molar-refractivity contribution is 5.86. The Morgan fingerprint density at radius 3 is 2.58 bits per heavy atom. The third-order valence-electron chi connectivity index (χ3n) is 12.0. The van der Waals surface area contributed by atoms with Gasteiger partial charge in [-0.25, -0.2) is 14.4 Å². The third-order valence-corrected chi connectivity index (χ3v) is 12.0. The lowest BCUT2D eigenvalue weighted by molar-refractivity contribution is -0.112. The minimum atomic E-state index is -0.276. The minimum Gasteiger partial charge on any atom is -0.393 e. The molecule has 5 fully saturated rings. The van der Waals surface area contributed by atoms with Crippen molar-refractivity contribution >= 4 is 22.5 Å². The summed E-state index contributed by atoms with van der Waals surface area (Å²) in [5.41, 5.74) is 2.74. The second-order valence-corrected chi connectivity index (χ2v) is 15.5. The van der Waals surface area contributed by atoms with Gasteiger partial charge in [-0.1, -0.05) is 32.9 Å². The van der Waals surface area contributed by atoms with E-state index in [1.54, 1.807) is 16.7 Å². The van der Waals surface area contributed by atoms with Gasteiger partial charge < -0.3 is 20.6 Å². The SMILES string of the molecule is C[C@H]1[C@@H](NC(=Nc2ccc3c(=O)n(CCc4ccc(F)cc4)c(CN4CCC(O)CC4)nc3c2)N2CCN[C@@H](C)C2)C[C@@H]2C[C@@H]1C2(C)C. The van der Waals surface area contributed by atoms with Crippen LogP contribution in [0, 0.1) is 29.0 Å². The topological polar surface area (TPSA) is 98.0 Å². The van der Waals surface area contributed by atoms with Crippen LogP contribution in [-0.2, 0) is 19.5 Å². The molecular weight excluding hydrogens is 605 g/mol. The zero-order valence-electron chi connectivity index (χ0n) is 29.0. The first-order chi connectivity index (χ1) is 23.0. The molecule has 3 aromatic rings. The van der Waals surface area contributed by atoms with Gasteiger partial charge in [0.05, 0.1) is 29.2 Å². The van der Waals surface area contributed by atoms with Crippen LogP contribution in [0.1, 0.15) is 64.8 Å². The maximum Gasteiger partial charge on any atom is 0.261 e. The molecule has 5 atom stereocenters.